The molecule has 31 heavy (non-hydrogen) atoms. The van der Waals surface area contributed by atoms with E-state index in [0.717, 1.165) is 6.92 Å². The predicted octanol–water partition coefficient (Wildman–Crippen LogP) is -0.0909. The van der Waals surface area contributed by atoms with Gasteiger partial charge in [0.05, 0.1) is 18.8 Å². The highest BCUT2D eigenvalue weighted by Crippen LogP contribution is 2.30. The summed E-state index contributed by atoms with van der Waals surface area (Å²) in [5.41, 5.74) is 0.432. The summed E-state index contributed by atoms with van der Waals surface area (Å²) >= 11 is 0. The number of aliphatic hydroxyl groups excluding tert-OH is 1. The van der Waals surface area contributed by atoms with Gasteiger partial charge in [-0.1, -0.05) is 12.1 Å². The Morgan fingerprint density at radius 3 is 2.45 bits per heavy atom. The van der Waals surface area contributed by atoms with E-state index in [4.69, 9.17) is 19.4 Å². The number of aliphatic hydroxyl groups is 1. The van der Waals surface area contributed by atoms with Crippen molar-refractivity contribution in [2.24, 2.45) is 0 Å². The topological polar surface area (TPSA) is 201 Å². The fourth-order valence-corrected chi connectivity index (χ4v) is 3.84. The van der Waals surface area contributed by atoms with Crippen LogP contribution in [0.1, 0.15) is 31.7 Å². The maximum Gasteiger partial charge on any atom is 0.324 e. The molecule has 0 aliphatic heterocycles. The van der Waals surface area contributed by atoms with Crippen LogP contribution in [0.15, 0.2) is 28.7 Å². The molecule has 1 aromatic carbocycles. The first-order chi connectivity index (χ1) is 14.5. The third-order valence-corrected chi connectivity index (χ3v) is 5.21. The van der Waals surface area contributed by atoms with Gasteiger partial charge < -0.3 is 24.5 Å². The molecule has 0 fully saturated rings. The lowest BCUT2D eigenvalue weighted by molar-refractivity contribution is -0.141. The third-order valence-electron chi connectivity index (χ3n) is 4.05. The lowest BCUT2D eigenvalue weighted by Gasteiger charge is -2.20. The van der Waals surface area contributed by atoms with E-state index in [0.29, 0.717) is 11.3 Å². The van der Waals surface area contributed by atoms with E-state index in [1.54, 1.807) is 29.0 Å². The Labute approximate surface area is 177 Å². The molecule has 0 aliphatic rings. The Balaban J connectivity index is 2.31. The number of aliphatic carboxylic acids is 2. The second-order valence-corrected chi connectivity index (χ2v) is 7.90. The molecule has 5 N–H and O–H groups in total. The zero-order valence-electron chi connectivity index (χ0n) is 16.5. The van der Waals surface area contributed by atoms with Gasteiger partial charge in [-0.2, -0.15) is 17.9 Å². The number of hydrogen-bond donors (Lipinski definition) is 5. The molecule has 3 atom stereocenters. The highest BCUT2D eigenvalue weighted by atomic mass is 32.2. The van der Waals surface area contributed by atoms with Crippen molar-refractivity contribution in [2.75, 3.05) is 7.11 Å². The summed E-state index contributed by atoms with van der Waals surface area (Å²) in [6, 6.07) is 3.58. The average Bonchev–Trinajstić information content (AvgIpc) is 3.18. The van der Waals surface area contributed by atoms with Crippen LogP contribution in [0.2, 0.25) is 0 Å². The van der Waals surface area contributed by atoms with Crippen molar-refractivity contribution in [1.82, 2.24) is 19.6 Å². The van der Waals surface area contributed by atoms with Crippen molar-refractivity contribution in [2.45, 2.75) is 38.0 Å². The van der Waals surface area contributed by atoms with E-state index in [1.807, 2.05) is 0 Å². The van der Waals surface area contributed by atoms with Gasteiger partial charge in [-0.3, -0.25) is 9.59 Å². The number of benzene rings is 1. The largest absolute Gasteiger partial charge is 0.496 e. The Bertz CT molecular complexity index is 1020. The molecule has 14 heteroatoms. The van der Waals surface area contributed by atoms with Gasteiger partial charge in [0.25, 0.3) is 16.1 Å². The van der Waals surface area contributed by atoms with Crippen molar-refractivity contribution in [3.8, 4) is 17.2 Å². The van der Waals surface area contributed by atoms with Gasteiger partial charge in [0, 0.05) is 6.42 Å². The predicted molar refractivity (Wildman–Crippen MR) is 104 cm³/mol. The first-order valence-electron chi connectivity index (χ1n) is 8.93. The molecule has 1 heterocycles. The van der Waals surface area contributed by atoms with Gasteiger partial charge in [0.15, 0.2) is 0 Å². The second-order valence-electron chi connectivity index (χ2n) is 6.43. The smallest absolute Gasteiger partial charge is 0.324 e. The fourth-order valence-electron chi connectivity index (χ4n) is 2.55. The van der Waals surface area contributed by atoms with E-state index >= 15 is 0 Å². The number of ether oxygens (including phenoxy) is 1. The first kappa shape index (κ1) is 24.2. The lowest BCUT2D eigenvalue weighted by Crippen LogP contribution is -2.52. The van der Waals surface area contributed by atoms with Gasteiger partial charge in [-0.15, -0.1) is 10.2 Å². The summed E-state index contributed by atoms with van der Waals surface area (Å²) in [6.07, 6.45) is -2.25. The molecule has 0 amide bonds. The number of carboxylic acid groups (broad SMARTS) is 2. The van der Waals surface area contributed by atoms with E-state index in [2.05, 4.69) is 14.9 Å². The normalized spacial score (nSPS) is 14.5. The highest BCUT2D eigenvalue weighted by Gasteiger charge is 2.32. The van der Waals surface area contributed by atoms with Crippen LogP contribution in [0.5, 0.6) is 5.75 Å². The van der Waals surface area contributed by atoms with Crippen molar-refractivity contribution in [3.05, 3.63) is 30.2 Å². The van der Waals surface area contributed by atoms with Crippen molar-refractivity contribution >= 4 is 22.1 Å². The molecule has 0 bridgehead atoms. The van der Waals surface area contributed by atoms with Gasteiger partial charge in [0.1, 0.15) is 17.8 Å². The minimum absolute atomic E-state index is 0.00678. The summed E-state index contributed by atoms with van der Waals surface area (Å²) < 4.78 is 39.4. The number of rotatable bonds is 12. The molecular weight excluding hydrogens is 436 g/mol. The number of para-hydroxylation sites is 1. The average molecular weight is 458 g/mol. The maximum absolute atomic E-state index is 12.4. The molecule has 0 spiro atoms. The molecule has 0 radical (unpaired) electrons. The Kier molecular flexibility index (Phi) is 8.04. The van der Waals surface area contributed by atoms with Gasteiger partial charge in [-0.05, 0) is 25.5 Å². The summed E-state index contributed by atoms with van der Waals surface area (Å²) in [5.74, 6) is -2.61. The number of carboxylic acids is 2. The van der Waals surface area contributed by atoms with E-state index < -0.39 is 46.8 Å². The van der Waals surface area contributed by atoms with Crippen LogP contribution in [0.25, 0.3) is 11.5 Å². The van der Waals surface area contributed by atoms with Gasteiger partial charge in [-0.25, -0.2) is 0 Å². The Morgan fingerprint density at radius 2 is 1.87 bits per heavy atom. The van der Waals surface area contributed by atoms with Gasteiger partial charge in [0.2, 0.25) is 5.89 Å². The minimum atomic E-state index is -4.52. The van der Waals surface area contributed by atoms with Crippen LogP contribution in [0.4, 0.5) is 0 Å². The van der Waals surface area contributed by atoms with E-state index in [1.165, 1.54) is 7.11 Å². The number of methoxy groups -OCH3 is 1. The van der Waals surface area contributed by atoms with Crippen molar-refractivity contribution in [1.29, 1.82) is 0 Å². The van der Waals surface area contributed by atoms with Crippen LogP contribution < -0.4 is 14.2 Å². The number of hydrogen-bond acceptors (Lipinski definition) is 9. The first-order valence-corrected chi connectivity index (χ1v) is 10.4. The lowest BCUT2D eigenvalue weighted by atomic mass is 10.2. The summed E-state index contributed by atoms with van der Waals surface area (Å²) in [7, 11) is -3.08. The molecule has 0 saturated carbocycles. The van der Waals surface area contributed by atoms with Gasteiger partial charge >= 0.3 is 11.9 Å². The molecule has 1 unspecified atom stereocenters. The monoisotopic (exact) mass is 458 g/mol. The van der Waals surface area contributed by atoms with Crippen molar-refractivity contribution < 1.29 is 42.5 Å². The molecule has 170 valence electrons. The third kappa shape index (κ3) is 6.71. The molecule has 2 aromatic rings. The number of nitrogens with one attached hydrogen (secondary N) is 2. The Morgan fingerprint density at radius 1 is 1.19 bits per heavy atom. The summed E-state index contributed by atoms with van der Waals surface area (Å²) in [5, 5.41) is 35.2. The molecule has 13 nitrogen and oxygen atoms in total. The summed E-state index contributed by atoms with van der Waals surface area (Å²) in [6.45, 7) is 1.10. The molecule has 0 saturated heterocycles. The molecular formula is C17H22N4O9S. The Hall–Kier alpha value is -3.07. The molecule has 0 aliphatic carbocycles. The van der Waals surface area contributed by atoms with Crippen LogP contribution in [0, 0.1) is 0 Å². The van der Waals surface area contributed by atoms with Crippen LogP contribution in [0.3, 0.4) is 0 Å². The van der Waals surface area contributed by atoms with E-state index in [9.17, 15) is 23.1 Å². The number of nitrogens with zero attached hydrogens (tertiary/aromatic N) is 2. The zero-order chi connectivity index (χ0) is 23.2. The quantitative estimate of drug-likeness (QED) is 0.284. The van der Waals surface area contributed by atoms with Crippen LogP contribution in [-0.4, -0.2) is 65.1 Å². The summed E-state index contributed by atoms with van der Waals surface area (Å²) in [4.78, 5) is 22.1. The van der Waals surface area contributed by atoms with Crippen molar-refractivity contribution in [3.63, 3.8) is 0 Å². The molecule has 2 rings (SSSR count). The SMILES string of the molecule is COc1ccccc1-c1nnc([C@H](CCC(=O)O)NS(=O)(=O)N[C@H](C(=O)O)C(C)O)o1. The molecule has 1 aromatic heterocycles. The zero-order valence-corrected chi connectivity index (χ0v) is 17.4. The number of aromatic nitrogens is 2. The standard InChI is InChI=1S/C17H22N4O9S/c1-9(22)14(17(25)26)21-31(27,28)20-11(7-8-13(23)24)16-19-18-15(30-16)10-5-3-4-6-12(10)29-2/h3-6,9,11,14,20-22H,7-8H2,1-2H3,(H,23,24)(H,25,26)/t9?,11-,14-/m0/s1. The maximum atomic E-state index is 12.4. The second kappa shape index (κ2) is 10.3. The fraction of sp³-hybridized carbons (Fsp3) is 0.412. The number of carbonyl (C=O) groups is 2. The minimum Gasteiger partial charge on any atom is -0.496 e. The van der Waals surface area contributed by atoms with Crippen LogP contribution >= 0.6 is 0 Å². The van der Waals surface area contributed by atoms with Crippen LogP contribution in [-0.2, 0) is 19.8 Å². The van der Waals surface area contributed by atoms with E-state index in [-0.39, 0.29) is 18.2 Å². The highest BCUT2D eigenvalue weighted by molar-refractivity contribution is 7.87.